The van der Waals surface area contributed by atoms with Crippen LogP contribution in [-0.4, -0.2) is 6.61 Å². The minimum Gasteiger partial charge on any atom is -0.493 e. The topological polar surface area (TPSA) is 33.0 Å². The minimum atomic E-state index is -0.385. The fraction of sp³-hybridized carbons (Fsp3) is 0.235. The first-order chi connectivity index (χ1) is 10.2. The van der Waals surface area contributed by atoms with Crippen molar-refractivity contribution in [3.8, 4) is 11.8 Å². The van der Waals surface area contributed by atoms with Gasteiger partial charge in [-0.2, -0.15) is 5.26 Å². The van der Waals surface area contributed by atoms with Crippen LogP contribution in [0.4, 0.5) is 8.78 Å². The highest BCUT2D eigenvalue weighted by Gasteiger charge is 2.20. The van der Waals surface area contributed by atoms with E-state index in [9.17, 15) is 14.0 Å². The molecule has 1 aromatic carbocycles. The Kier molecular flexibility index (Phi) is 3.57. The number of allylic oxidation sites excluding steroid dienone is 6. The molecule has 0 aromatic heterocycles. The molecule has 1 aliphatic carbocycles. The van der Waals surface area contributed by atoms with E-state index in [-0.39, 0.29) is 23.6 Å². The molecule has 0 spiro atoms. The van der Waals surface area contributed by atoms with Crippen molar-refractivity contribution in [2.45, 2.75) is 19.3 Å². The Bertz CT molecular complexity index is 723. The van der Waals surface area contributed by atoms with Crippen molar-refractivity contribution in [3.63, 3.8) is 0 Å². The van der Waals surface area contributed by atoms with Gasteiger partial charge in [0.05, 0.1) is 18.2 Å². The van der Waals surface area contributed by atoms with Crippen LogP contribution in [0.15, 0.2) is 41.8 Å². The van der Waals surface area contributed by atoms with Gasteiger partial charge in [0, 0.05) is 17.6 Å². The van der Waals surface area contributed by atoms with Crippen molar-refractivity contribution >= 4 is 5.57 Å². The zero-order chi connectivity index (χ0) is 14.8. The molecule has 0 atom stereocenters. The van der Waals surface area contributed by atoms with Gasteiger partial charge in [0.25, 0.3) is 0 Å². The van der Waals surface area contributed by atoms with Gasteiger partial charge in [-0.15, -0.1) is 0 Å². The molecule has 1 aromatic rings. The van der Waals surface area contributed by atoms with Gasteiger partial charge in [-0.05, 0) is 36.6 Å². The van der Waals surface area contributed by atoms with E-state index in [2.05, 4.69) is 0 Å². The van der Waals surface area contributed by atoms with E-state index in [4.69, 9.17) is 4.74 Å². The number of aryl methyl sites for hydroxylation is 1. The molecule has 0 saturated carbocycles. The zero-order valence-corrected chi connectivity index (χ0v) is 11.3. The van der Waals surface area contributed by atoms with Gasteiger partial charge in [0.1, 0.15) is 17.4 Å². The van der Waals surface area contributed by atoms with Crippen molar-refractivity contribution in [2.75, 3.05) is 6.61 Å². The molecule has 0 amide bonds. The molecule has 0 fully saturated rings. The summed E-state index contributed by atoms with van der Waals surface area (Å²) in [6.45, 7) is 0.564. The number of nitriles is 1. The molecule has 0 radical (unpaired) electrons. The predicted molar refractivity (Wildman–Crippen MR) is 75.7 cm³/mol. The van der Waals surface area contributed by atoms with Gasteiger partial charge in [-0.25, -0.2) is 8.78 Å². The third-order valence-electron chi connectivity index (χ3n) is 3.57. The van der Waals surface area contributed by atoms with Gasteiger partial charge < -0.3 is 4.74 Å². The molecule has 0 unspecified atom stereocenters. The molecular formula is C17H13F2NO. The Morgan fingerprint density at radius 2 is 2.10 bits per heavy atom. The largest absolute Gasteiger partial charge is 0.493 e. The smallest absolute Gasteiger partial charge is 0.130 e. The normalized spacial score (nSPS) is 17.5. The molecule has 21 heavy (non-hydrogen) atoms. The summed E-state index contributed by atoms with van der Waals surface area (Å²) in [4.78, 5) is 0. The molecule has 1 heterocycles. The van der Waals surface area contributed by atoms with Crippen molar-refractivity contribution in [1.82, 2.24) is 0 Å². The lowest BCUT2D eigenvalue weighted by Gasteiger charge is -2.21. The number of fused-ring (bicyclic) bond motifs is 1. The molecule has 3 rings (SSSR count). The van der Waals surface area contributed by atoms with Crippen LogP contribution in [0.2, 0.25) is 0 Å². The average molecular weight is 285 g/mol. The second-order valence-electron chi connectivity index (χ2n) is 5.03. The van der Waals surface area contributed by atoms with E-state index < -0.39 is 0 Å². The summed E-state index contributed by atoms with van der Waals surface area (Å²) < 4.78 is 33.0. The van der Waals surface area contributed by atoms with E-state index in [0.717, 1.165) is 18.4 Å². The van der Waals surface area contributed by atoms with E-state index in [1.165, 1.54) is 18.2 Å². The van der Waals surface area contributed by atoms with Crippen LogP contribution in [0.5, 0.6) is 5.75 Å². The fourth-order valence-electron chi connectivity index (χ4n) is 2.64. The van der Waals surface area contributed by atoms with Crippen molar-refractivity contribution in [1.29, 1.82) is 5.26 Å². The van der Waals surface area contributed by atoms with Gasteiger partial charge >= 0.3 is 0 Å². The maximum absolute atomic E-state index is 13.8. The van der Waals surface area contributed by atoms with Crippen LogP contribution in [0.3, 0.4) is 0 Å². The standard InChI is InChI=1S/C17H13F2NO/c18-13-4-1-5-15(12(8-13)10-20)16-9-14(19)7-11-3-2-6-21-17(11)16/h1,5,7-9H,2-4,6H2. The fourth-order valence-corrected chi connectivity index (χ4v) is 2.64. The number of nitrogens with zero attached hydrogens (tertiary/aromatic N) is 1. The Balaban J connectivity index is 2.24. The number of rotatable bonds is 1. The third kappa shape index (κ3) is 2.59. The van der Waals surface area contributed by atoms with Crippen molar-refractivity contribution in [2.24, 2.45) is 0 Å². The highest BCUT2D eigenvalue weighted by Crippen LogP contribution is 2.37. The number of benzene rings is 1. The average Bonchev–Trinajstić information content (AvgIpc) is 2.67. The monoisotopic (exact) mass is 285 g/mol. The maximum Gasteiger partial charge on any atom is 0.130 e. The summed E-state index contributed by atoms with van der Waals surface area (Å²) in [5, 5.41) is 9.25. The lowest BCUT2D eigenvalue weighted by Crippen LogP contribution is -2.11. The third-order valence-corrected chi connectivity index (χ3v) is 3.57. The molecule has 106 valence electrons. The van der Waals surface area contributed by atoms with Crippen LogP contribution in [0.25, 0.3) is 5.57 Å². The van der Waals surface area contributed by atoms with Crippen LogP contribution in [-0.2, 0) is 6.42 Å². The maximum atomic E-state index is 13.8. The van der Waals surface area contributed by atoms with Crippen LogP contribution in [0, 0.1) is 17.1 Å². The van der Waals surface area contributed by atoms with E-state index >= 15 is 0 Å². The quantitative estimate of drug-likeness (QED) is 0.773. The first kappa shape index (κ1) is 13.6. The van der Waals surface area contributed by atoms with Crippen LogP contribution < -0.4 is 4.74 Å². The number of halogens is 2. The van der Waals surface area contributed by atoms with Gasteiger partial charge in [-0.1, -0.05) is 12.2 Å². The van der Waals surface area contributed by atoms with E-state index in [1.54, 1.807) is 12.2 Å². The first-order valence-electron chi connectivity index (χ1n) is 6.81. The second kappa shape index (κ2) is 5.53. The number of hydrogen-bond donors (Lipinski definition) is 0. The molecule has 0 N–H and O–H groups in total. The van der Waals surface area contributed by atoms with Gasteiger partial charge in [0.2, 0.25) is 0 Å². The summed E-state index contributed by atoms with van der Waals surface area (Å²) in [7, 11) is 0. The van der Waals surface area contributed by atoms with Crippen molar-refractivity contribution in [3.05, 3.63) is 58.7 Å². The predicted octanol–water partition coefficient (Wildman–Crippen LogP) is 4.24. The molecule has 4 heteroatoms. The van der Waals surface area contributed by atoms with Gasteiger partial charge in [0.15, 0.2) is 0 Å². The summed E-state index contributed by atoms with van der Waals surface area (Å²) in [6.07, 6.45) is 6.20. The lowest BCUT2D eigenvalue weighted by molar-refractivity contribution is 0.286. The first-order valence-corrected chi connectivity index (χ1v) is 6.81. The molecule has 2 aliphatic rings. The molecule has 1 aliphatic heterocycles. The zero-order valence-electron chi connectivity index (χ0n) is 11.3. The van der Waals surface area contributed by atoms with E-state index in [0.29, 0.717) is 23.5 Å². The molecule has 0 saturated heterocycles. The molecule has 0 bridgehead atoms. The summed E-state index contributed by atoms with van der Waals surface area (Å²) in [5.74, 6) is -0.157. The van der Waals surface area contributed by atoms with E-state index in [1.807, 2.05) is 6.07 Å². The summed E-state index contributed by atoms with van der Waals surface area (Å²) >= 11 is 0. The summed E-state index contributed by atoms with van der Waals surface area (Å²) in [6, 6.07) is 4.79. The van der Waals surface area contributed by atoms with Crippen molar-refractivity contribution < 1.29 is 13.5 Å². The second-order valence-corrected chi connectivity index (χ2v) is 5.03. The number of hydrogen-bond acceptors (Lipinski definition) is 2. The highest BCUT2D eigenvalue weighted by atomic mass is 19.1. The number of ether oxygens (including phenoxy) is 1. The molecule has 2 nitrogen and oxygen atoms in total. The highest BCUT2D eigenvalue weighted by molar-refractivity contribution is 5.85. The summed E-state index contributed by atoms with van der Waals surface area (Å²) in [5.41, 5.74) is 2.00. The lowest BCUT2D eigenvalue weighted by atomic mass is 9.94. The Hall–Kier alpha value is -2.41. The Morgan fingerprint density at radius 3 is 2.90 bits per heavy atom. The SMILES string of the molecule is N#CC1=C(c2cc(F)cc3c2OCCC3)C=CCC(F)=C1. The van der Waals surface area contributed by atoms with Crippen LogP contribution >= 0.6 is 0 Å². The van der Waals surface area contributed by atoms with Gasteiger partial charge in [-0.3, -0.25) is 0 Å². The minimum absolute atomic E-state index is 0.132. The Labute approximate surface area is 121 Å². The Morgan fingerprint density at radius 1 is 1.24 bits per heavy atom. The molecular weight excluding hydrogens is 272 g/mol. The van der Waals surface area contributed by atoms with Crippen LogP contribution in [0.1, 0.15) is 24.0 Å².